The Balaban J connectivity index is 1.42. The maximum absolute atomic E-state index is 11.2. The van der Waals surface area contributed by atoms with E-state index in [4.69, 9.17) is 4.98 Å². The van der Waals surface area contributed by atoms with Gasteiger partial charge in [-0.1, -0.05) is 12.1 Å². The number of aromatic nitrogens is 3. The summed E-state index contributed by atoms with van der Waals surface area (Å²) in [6, 6.07) is 8.30. The van der Waals surface area contributed by atoms with Crippen LogP contribution in [0.5, 0.6) is 0 Å². The van der Waals surface area contributed by atoms with Gasteiger partial charge in [-0.2, -0.15) is 5.10 Å². The van der Waals surface area contributed by atoms with Crippen LogP contribution in [-0.4, -0.2) is 32.8 Å². The molecule has 26 heavy (non-hydrogen) atoms. The fourth-order valence-corrected chi connectivity index (χ4v) is 4.95. The van der Waals surface area contributed by atoms with Crippen LogP contribution in [0.2, 0.25) is 0 Å². The third kappa shape index (κ3) is 3.10. The SMILES string of the molecule is Cc1nn(C[NH+]2CCC(c3nc4ccccc4s3)CC2)c(C)c1[N+](=O)[O-]. The van der Waals surface area contributed by atoms with Gasteiger partial charge >= 0.3 is 5.69 Å². The summed E-state index contributed by atoms with van der Waals surface area (Å²) in [4.78, 5) is 17.1. The minimum absolute atomic E-state index is 0.147. The molecule has 1 N–H and O–H groups in total. The smallest absolute Gasteiger partial charge is 0.312 e. The number of benzene rings is 1. The molecule has 1 aliphatic heterocycles. The van der Waals surface area contributed by atoms with Crippen molar-refractivity contribution in [3.05, 3.63) is 50.8 Å². The highest BCUT2D eigenvalue weighted by molar-refractivity contribution is 7.18. The van der Waals surface area contributed by atoms with E-state index >= 15 is 0 Å². The van der Waals surface area contributed by atoms with Gasteiger partial charge in [0, 0.05) is 18.8 Å². The molecule has 0 atom stereocenters. The summed E-state index contributed by atoms with van der Waals surface area (Å²) in [6.45, 7) is 6.24. The lowest BCUT2D eigenvalue weighted by Crippen LogP contribution is -3.12. The van der Waals surface area contributed by atoms with Crippen molar-refractivity contribution in [2.75, 3.05) is 13.1 Å². The molecule has 0 spiro atoms. The summed E-state index contributed by atoms with van der Waals surface area (Å²) < 4.78 is 3.05. The summed E-state index contributed by atoms with van der Waals surface area (Å²) in [5.41, 5.74) is 2.38. The molecule has 8 heteroatoms. The van der Waals surface area contributed by atoms with Gasteiger partial charge in [0.25, 0.3) is 0 Å². The van der Waals surface area contributed by atoms with Gasteiger partial charge in [0.15, 0.2) is 6.67 Å². The molecule has 0 amide bonds. The molecular weight excluding hydrogens is 350 g/mol. The van der Waals surface area contributed by atoms with Crippen LogP contribution >= 0.6 is 11.3 Å². The Hall–Kier alpha value is -2.32. The van der Waals surface area contributed by atoms with Crippen LogP contribution in [0, 0.1) is 24.0 Å². The molecule has 1 aliphatic rings. The maximum Gasteiger partial charge on any atom is 0.312 e. The Morgan fingerprint density at radius 2 is 2.04 bits per heavy atom. The number of nitrogens with zero attached hydrogens (tertiary/aromatic N) is 4. The predicted molar refractivity (Wildman–Crippen MR) is 101 cm³/mol. The van der Waals surface area contributed by atoms with Crippen LogP contribution in [0.1, 0.15) is 35.2 Å². The first-order valence-electron chi connectivity index (χ1n) is 8.90. The molecule has 0 bridgehead atoms. The lowest BCUT2D eigenvalue weighted by Gasteiger charge is -2.28. The molecular formula is C18H22N5O2S+. The Morgan fingerprint density at radius 1 is 1.31 bits per heavy atom. The first kappa shape index (κ1) is 17.1. The van der Waals surface area contributed by atoms with E-state index in [1.165, 1.54) is 14.6 Å². The largest absolute Gasteiger partial charge is 0.316 e. The van der Waals surface area contributed by atoms with E-state index in [-0.39, 0.29) is 10.6 Å². The molecule has 136 valence electrons. The highest BCUT2D eigenvalue weighted by Gasteiger charge is 2.28. The Bertz CT molecular complexity index is 923. The van der Waals surface area contributed by atoms with Crippen molar-refractivity contribution < 1.29 is 9.82 Å². The predicted octanol–water partition coefficient (Wildman–Crippen LogP) is 2.44. The number of hydrogen-bond donors (Lipinski definition) is 1. The Morgan fingerprint density at radius 3 is 2.69 bits per heavy atom. The lowest BCUT2D eigenvalue weighted by molar-refractivity contribution is -0.928. The zero-order chi connectivity index (χ0) is 18.3. The van der Waals surface area contributed by atoms with E-state index in [1.54, 1.807) is 18.5 Å². The van der Waals surface area contributed by atoms with Gasteiger partial charge < -0.3 is 4.90 Å². The normalized spacial score (nSPS) is 20.5. The summed E-state index contributed by atoms with van der Waals surface area (Å²) in [6.07, 6.45) is 2.19. The summed E-state index contributed by atoms with van der Waals surface area (Å²) >= 11 is 1.81. The van der Waals surface area contributed by atoms with Gasteiger partial charge in [-0.05, 0) is 26.0 Å². The number of nitrogens with one attached hydrogen (secondary N) is 1. The minimum Gasteiger partial charge on any atom is -0.316 e. The number of hydrogen-bond acceptors (Lipinski definition) is 5. The van der Waals surface area contributed by atoms with Crippen molar-refractivity contribution in [3.63, 3.8) is 0 Å². The van der Waals surface area contributed by atoms with Crippen LogP contribution in [-0.2, 0) is 6.67 Å². The average molecular weight is 372 g/mol. The second-order valence-electron chi connectivity index (χ2n) is 6.98. The number of nitro groups is 1. The molecule has 1 aromatic carbocycles. The Labute approximate surface area is 155 Å². The zero-order valence-corrected chi connectivity index (χ0v) is 15.8. The maximum atomic E-state index is 11.2. The van der Waals surface area contributed by atoms with Crippen molar-refractivity contribution in [2.24, 2.45) is 0 Å². The molecule has 0 unspecified atom stereocenters. The molecule has 1 fully saturated rings. The summed E-state index contributed by atoms with van der Waals surface area (Å²) in [7, 11) is 0. The molecule has 0 radical (unpaired) electrons. The third-order valence-electron chi connectivity index (χ3n) is 5.25. The van der Waals surface area contributed by atoms with E-state index in [1.807, 2.05) is 17.4 Å². The summed E-state index contributed by atoms with van der Waals surface area (Å²) in [5.74, 6) is 0.519. The van der Waals surface area contributed by atoms with Gasteiger partial charge in [-0.3, -0.25) is 10.1 Å². The van der Waals surface area contributed by atoms with Gasteiger partial charge in [0.2, 0.25) is 0 Å². The highest BCUT2D eigenvalue weighted by Crippen LogP contribution is 2.31. The van der Waals surface area contributed by atoms with Crippen LogP contribution < -0.4 is 4.90 Å². The fraction of sp³-hybridized carbons (Fsp3) is 0.444. The molecule has 2 aromatic heterocycles. The Kier molecular flexibility index (Phi) is 4.46. The number of para-hydroxylation sites is 1. The first-order valence-corrected chi connectivity index (χ1v) is 9.72. The van der Waals surface area contributed by atoms with E-state index in [0.717, 1.165) is 31.4 Å². The quantitative estimate of drug-likeness (QED) is 0.564. The number of aryl methyl sites for hydroxylation is 1. The highest BCUT2D eigenvalue weighted by atomic mass is 32.1. The van der Waals surface area contributed by atoms with Gasteiger partial charge in [-0.15, -0.1) is 11.3 Å². The van der Waals surface area contributed by atoms with Gasteiger partial charge in [-0.25, -0.2) is 9.67 Å². The summed E-state index contributed by atoms with van der Waals surface area (Å²) in [5, 5.41) is 16.8. The van der Waals surface area contributed by atoms with E-state index < -0.39 is 0 Å². The van der Waals surface area contributed by atoms with Gasteiger partial charge in [0.05, 0.1) is 33.2 Å². The first-order chi connectivity index (χ1) is 12.5. The molecule has 4 rings (SSSR count). The number of rotatable bonds is 4. The van der Waals surface area contributed by atoms with Crippen LogP contribution in [0.4, 0.5) is 5.69 Å². The monoisotopic (exact) mass is 372 g/mol. The number of thiazole rings is 1. The van der Waals surface area contributed by atoms with Crippen molar-refractivity contribution >= 4 is 27.2 Å². The second kappa shape index (κ2) is 6.77. The number of piperidine rings is 1. The molecule has 0 saturated carbocycles. The molecule has 1 saturated heterocycles. The molecule has 3 heterocycles. The molecule has 7 nitrogen and oxygen atoms in total. The fourth-order valence-electron chi connectivity index (χ4n) is 3.81. The molecule has 3 aromatic rings. The van der Waals surface area contributed by atoms with Crippen LogP contribution in [0.15, 0.2) is 24.3 Å². The van der Waals surface area contributed by atoms with Crippen molar-refractivity contribution in [3.8, 4) is 0 Å². The number of fused-ring (bicyclic) bond motifs is 1. The lowest BCUT2D eigenvalue weighted by atomic mass is 9.98. The van der Waals surface area contributed by atoms with E-state index in [0.29, 0.717) is 24.0 Å². The van der Waals surface area contributed by atoms with Crippen molar-refractivity contribution in [1.82, 2.24) is 14.8 Å². The van der Waals surface area contributed by atoms with Crippen LogP contribution in [0.25, 0.3) is 10.2 Å². The van der Waals surface area contributed by atoms with Gasteiger partial charge in [0.1, 0.15) is 11.4 Å². The van der Waals surface area contributed by atoms with Crippen molar-refractivity contribution in [1.29, 1.82) is 0 Å². The standard InChI is InChI=1S/C18H21N5O2S/c1-12-17(23(24)25)13(2)22(20-12)11-21-9-7-14(8-10-21)18-19-15-5-3-4-6-16(15)26-18/h3-6,14H,7-11H2,1-2H3/p+1. The van der Waals surface area contributed by atoms with E-state index in [2.05, 4.69) is 23.3 Å². The van der Waals surface area contributed by atoms with E-state index in [9.17, 15) is 10.1 Å². The average Bonchev–Trinajstić information content (AvgIpc) is 3.16. The topological polar surface area (TPSA) is 78.3 Å². The van der Waals surface area contributed by atoms with Crippen LogP contribution in [0.3, 0.4) is 0 Å². The molecule has 0 aliphatic carbocycles. The third-order valence-corrected chi connectivity index (χ3v) is 6.45. The minimum atomic E-state index is -0.330. The zero-order valence-electron chi connectivity index (χ0n) is 14.9. The van der Waals surface area contributed by atoms with Crippen molar-refractivity contribution in [2.45, 2.75) is 39.3 Å². The number of quaternary nitrogens is 1. The second-order valence-corrected chi connectivity index (χ2v) is 8.04. The number of likely N-dealkylation sites (tertiary alicyclic amines) is 1.